The second kappa shape index (κ2) is 33.8. The summed E-state index contributed by atoms with van der Waals surface area (Å²) in [5.41, 5.74) is 7.29. The van der Waals surface area contributed by atoms with Gasteiger partial charge in [0.25, 0.3) is 0 Å². The minimum Gasteiger partial charge on any atom is -0.497 e. The van der Waals surface area contributed by atoms with Gasteiger partial charge in [-0.05, 0) is 100.0 Å². The van der Waals surface area contributed by atoms with Crippen molar-refractivity contribution in [2.24, 2.45) is 0 Å². The van der Waals surface area contributed by atoms with E-state index >= 15 is 0 Å². The first-order chi connectivity index (χ1) is 40.5. The first-order valence-corrected chi connectivity index (χ1v) is 26.2. The summed E-state index contributed by atoms with van der Waals surface area (Å²) in [6.45, 7) is 0.987. The first kappa shape index (κ1) is 64.9. The van der Waals surface area contributed by atoms with Gasteiger partial charge in [-0.2, -0.15) is 0 Å². The number of methoxy groups -OCH3 is 4. The van der Waals surface area contributed by atoms with Crippen molar-refractivity contribution in [2.75, 3.05) is 48.3 Å². The maximum atomic E-state index is 10.6. The van der Waals surface area contributed by atoms with Crippen LogP contribution in [0.5, 0.6) is 40.2 Å². The van der Waals surface area contributed by atoms with Crippen LogP contribution in [-0.4, -0.2) is 108 Å². The summed E-state index contributed by atoms with van der Waals surface area (Å²) >= 11 is 0. The van der Waals surface area contributed by atoms with Gasteiger partial charge in [-0.25, -0.2) is 14.4 Å². The fourth-order valence-electron chi connectivity index (χ4n) is 8.34. The van der Waals surface area contributed by atoms with Crippen LogP contribution in [0.1, 0.15) is 87.6 Å². The molecule has 0 aliphatic carbocycles. The molecule has 0 aliphatic heterocycles. The number of carboxylic acids is 4. The fourth-order valence-corrected chi connectivity index (χ4v) is 8.34. The monoisotopic (exact) mass is 1150 g/mol. The molecular formula is C66H68O18. The molecule has 8 rings (SSSR count). The molecule has 7 N–H and O–H groups in total. The molecule has 0 aliphatic rings. The van der Waals surface area contributed by atoms with Crippen LogP contribution in [0, 0.1) is 0 Å². The Hall–Kier alpha value is -9.88. The normalized spacial score (nSPS) is 11.8. The Morgan fingerprint density at radius 2 is 0.679 bits per heavy atom. The Morgan fingerprint density at radius 1 is 0.357 bits per heavy atom. The molecule has 84 heavy (non-hydrogen) atoms. The molecule has 0 saturated heterocycles. The second-order valence-electron chi connectivity index (χ2n) is 18.3. The summed E-state index contributed by atoms with van der Waals surface area (Å²) in [4.78, 5) is 41.9. The average Bonchev–Trinajstić information content (AvgIpc) is 3.66. The number of aliphatic hydroxyl groups is 3. The van der Waals surface area contributed by atoms with Gasteiger partial charge in [-0.3, -0.25) is 4.79 Å². The highest BCUT2D eigenvalue weighted by Crippen LogP contribution is 2.38. The van der Waals surface area contributed by atoms with Crippen molar-refractivity contribution >= 4 is 23.9 Å². The number of aliphatic carboxylic acids is 4. The lowest BCUT2D eigenvalue weighted by molar-refractivity contribution is -0.140. The molecule has 8 aromatic rings. The Morgan fingerprint density at radius 3 is 1.02 bits per heavy atom. The van der Waals surface area contributed by atoms with Gasteiger partial charge >= 0.3 is 23.9 Å². The summed E-state index contributed by atoms with van der Waals surface area (Å²) < 4.78 is 36.4. The van der Waals surface area contributed by atoms with E-state index in [9.17, 15) is 34.5 Å². The van der Waals surface area contributed by atoms with Gasteiger partial charge in [0.15, 0.2) is 19.8 Å². The second-order valence-corrected chi connectivity index (χ2v) is 18.3. The van der Waals surface area contributed by atoms with Gasteiger partial charge in [-0.15, -0.1) is 0 Å². The van der Waals surface area contributed by atoms with Gasteiger partial charge in [-0.1, -0.05) is 134 Å². The van der Waals surface area contributed by atoms with Crippen LogP contribution < -0.4 is 33.2 Å². The predicted octanol–water partition coefficient (Wildman–Crippen LogP) is 10.6. The van der Waals surface area contributed by atoms with Crippen LogP contribution >= 0.6 is 0 Å². The number of rotatable bonds is 24. The van der Waals surface area contributed by atoms with Crippen molar-refractivity contribution in [1.29, 1.82) is 0 Å². The molecule has 4 atom stereocenters. The lowest BCUT2D eigenvalue weighted by Crippen LogP contribution is -2.09. The average molecular weight is 1150 g/mol. The van der Waals surface area contributed by atoms with Crippen LogP contribution in [-0.2, 0) is 25.6 Å². The number of carbonyl (C=O) groups is 4. The molecule has 0 aromatic heterocycles. The lowest BCUT2D eigenvalue weighted by atomic mass is 9.88. The number of hydrogen-bond acceptors (Lipinski definition) is 14. The molecule has 4 unspecified atom stereocenters. The third-order valence-corrected chi connectivity index (χ3v) is 12.6. The van der Waals surface area contributed by atoms with E-state index in [1.165, 1.54) is 7.11 Å². The maximum Gasteiger partial charge on any atom is 0.341 e. The predicted molar refractivity (Wildman–Crippen MR) is 313 cm³/mol. The van der Waals surface area contributed by atoms with Crippen molar-refractivity contribution in [2.45, 2.75) is 44.0 Å². The Kier molecular flexibility index (Phi) is 26.1. The van der Waals surface area contributed by atoms with E-state index in [1.54, 1.807) is 124 Å². The van der Waals surface area contributed by atoms with Crippen molar-refractivity contribution in [3.8, 4) is 40.2 Å². The zero-order valence-corrected chi connectivity index (χ0v) is 46.9. The molecule has 0 bridgehead atoms. The zero-order chi connectivity index (χ0) is 61.0. The van der Waals surface area contributed by atoms with Gasteiger partial charge < -0.3 is 68.9 Å². The molecule has 18 nitrogen and oxygen atoms in total. The van der Waals surface area contributed by atoms with Gasteiger partial charge in [0.1, 0.15) is 58.6 Å². The molecule has 0 radical (unpaired) electrons. The van der Waals surface area contributed by atoms with Gasteiger partial charge in [0.05, 0.1) is 34.9 Å². The number of benzene rings is 8. The first-order valence-electron chi connectivity index (χ1n) is 26.2. The smallest absolute Gasteiger partial charge is 0.341 e. The molecule has 0 spiro atoms. The topological polar surface area (TPSA) is 274 Å². The SMILES string of the molecule is CCC(c1ccc(OCC(=O)O)cc1)c1ccc(OC)cc1OC.COc1ccc(C(O)c2ccc(OCC(=O)O)cc2)c(OC)c1.O=C(O)COc1ccc(C(O)c2ccccc2)cc1.O=C(O)Cc1ccc(C(O)c2ccccc2)cc1. The number of hydrogen-bond donors (Lipinski definition) is 7. The minimum atomic E-state index is -1.04. The molecule has 0 heterocycles. The molecule has 8 aromatic carbocycles. The largest absolute Gasteiger partial charge is 0.497 e. The van der Waals surface area contributed by atoms with Crippen LogP contribution in [0.4, 0.5) is 0 Å². The summed E-state index contributed by atoms with van der Waals surface area (Å²) in [7, 11) is 6.35. The summed E-state index contributed by atoms with van der Waals surface area (Å²) in [5, 5.41) is 65.2. The summed E-state index contributed by atoms with van der Waals surface area (Å²) in [6.07, 6.45) is -1.36. The summed E-state index contributed by atoms with van der Waals surface area (Å²) in [6, 6.07) is 57.4. The molecule has 0 fully saturated rings. The van der Waals surface area contributed by atoms with E-state index in [2.05, 4.69) is 6.92 Å². The van der Waals surface area contributed by atoms with Gasteiger partial charge in [0, 0.05) is 29.2 Å². The molecule has 18 heteroatoms. The van der Waals surface area contributed by atoms with Crippen LogP contribution in [0.2, 0.25) is 0 Å². The van der Waals surface area contributed by atoms with E-state index < -0.39 is 48.8 Å². The Bertz CT molecular complexity index is 3280. The van der Waals surface area contributed by atoms with Crippen molar-refractivity contribution in [3.05, 3.63) is 244 Å². The number of carboxylic acid groups (broad SMARTS) is 4. The van der Waals surface area contributed by atoms with E-state index in [0.717, 1.165) is 56.9 Å². The Labute approximate surface area is 486 Å². The standard InChI is InChI=1S/C19H22O5.C17H18O6.C15H14O4.C15H14O3/c1-4-16(17-10-9-15(22-2)11-18(17)23-3)13-5-7-14(8-6-13)24-12-19(20)21;1-21-13-7-8-14(15(9-13)22-2)17(20)11-3-5-12(6-4-11)23-10-16(18)19;16-14(17)10-19-13-8-6-12(7-9-13)15(18)11-4-2-1-3-5-11;16-14(17)10-11-6-8-13(9-7-11)15(18)12-4-2-1-3-5-12/h5-11,16H,4,12H2,1-3H3,(H,20,21);3-9,17,20H,10H2,1-2H3,(H,18,19);1-9,15,18H,10H2,(H,16,17);1-9,15,18H,10H2,(H,16,17). The molecule has 0 saturated carbocycles. The zero-order valence-electron chi connectivity index (χ0n) is 46.9. The van der Waals surface area contributed by atoms with Gasteiger partial charge in [0.2, 0.25) is 0 Å². The van der Waals surface area contributed by atoms with Crippen LogP contribution in [0.25, 0.3) is 0 Å². The molecule has 0 amide bonds. The van der Waals surface area contributed by atoms with E-state index in [1.807, 2.05) is 91.0 Å². The highest BCUT2D eigenvalue weighted by atomic mass is 16.5. The van der Waals surface area contributed by atoms with Crippen LogP contribution in [0.3, 0.4) is 0 Å². The Balaban J connectivity index is 0.000000206. The van der Waals surface area contributed by atoms with Crippen molar-refractivity contribution < 1.29 is 88.1 Å². The molecule has 440 valence electrons. The molecular weight excluding hydrogens is 1080 g/mol. The quantitative estimate of drug-likeness (QED) is 0.0296. The fraction of sp³-hybridized carbons (Fsp3) is 0.212. The highest BCUT2D eigenvalue weighted by molar-refractivity contribution is 5.70. The minimum absolute atomic E-state index is 0.00170. The third kappa shape index (κ3) is 20.6. The lowest BCUT2D eigenvalue weighted by Gasteiger charge is -2.20. The maximum absolute atomic E-state index is 10.6. The highest BCUT2D eigenvalue weighted by Gasteiger charge is 2.19. The van der Waals surface area contributed by atoms with E-state index in [4.69, 9.17) is 53.6 Å². The number of ether oxygens (including phenoxy) is 7. The van der Waals surface area contributed by atoms with Crippen LogP contribution in [0.15, 0.2) is 194 Å². The van der Waals surface area contributed by atoms with E-state index in [-0.39, 0.29) is 25.6 Å². The van der Waals surface area contributed by atoms with E-state index in [0.29, 0.717) is 39.9 Å². The third-order valence-electron chi connectivity index (χ3n) is 12.6. The van der Waals surface area contributed by atoms with Crippen molar-refractivity contribution in [1.82, 2.24) is 0 Å². The van der Waals surface area contributed by atoms with Crippen molar-refractivity contribution in [3.63, 3.8) is 0 Å². The number of aliphatic hydroxyl groups excluding tert-OH is 3. The summed E-state index contributed by atoms with van der Waals surface area (Å²) in [5.74, 6) is 0.368.